The lowest BCUT2D eigenvalue weighted by Gasteiger charge is -2.11. The fourth-order valence-electron chi connectivity index (χ4n) is 1.86. The van der Waals surface area contributed by atoms with E-state index in [1.165, 1.54) is 19.2 Å². The van der Waals surface area contributed by atoms with Gasteiger partial charge in [-0.15, -0.1) is 0 Å². The Bertz CT molecular complexity index is 748. The number of nitrogens with one attached hydrogen (secondary N) is 3. The van der Waals surface area contributed by atoms with Crippen LogP contribution in [0.5, 0.6) is 0 Å². The van der Waals surface area contributed by atoms with Crippen molar-refractivity contribution in [1.82, 2.24) is 5.32 Å². The monoisotopic (exact) mass is 339 g/mol. The summed E-state index contributed by atoms with van der Waals surface area (Å²) in [5.41, 5.74) is 0.177. The molecule has 2 rings (SSSR count). The van der Waals surface area contributed by atoms with Crippen LogP contribution in [0.15, 0.2) is 36.4 Å². The van der Waals surface area contributed by atoms with Gasteiger partial charge in [-0.3, -0.25) is 4.79 Å². The van der Waals surface area contributed by atoms with Crippen LogP contribution < -0.4 is 16.0 Å². The summed E-state index contributed by atoms with van der Waals surface area (Å²) in [5.74, 6) is -1.74. The van der Waals surface area contributed by atoms with Crippen molar-refractivity contribution in [2.24, 2.45) is 0 Å². The van der Waals surface area contributed by atoms with E-state index in [0.29, 0.717) is 0 Å². The Morgan fingerprint density at radius 2 is 1.74 bits per heavy atom. The second-order valence-electron chi connectivity index (χ2n) is 4.51. The van der Waals surface area contributed by atoms with Crippen molar-refractivity contribution in [3.63, 3.8) is 0 Å². The van der Waals surface area contributed by atoms with Gasteiger partial charge in [-0.2, -0.15) is 0 Å². The van der Waals surface area contributed by atoms with E-state index in [-0.39, 0.29) is 22.0 Å². The zero-order valence-corrected chi connectivity index (χ0v) is 12.7. The summed E-state index contributed by atoms with van der Waals surface area (Å²) >= 11 is 5.69. The summed E-state index contributed by atoms with van der Waals surface area (Å²) in [6, 6.07) is 6.06. The first-order valence-electron chi connectivity index (χ1n) is 6.45. The summed E-state index contributed by atoms with van der Waals surface area (Å²) in [5, 5.41) is 7.17. The highest BCUT2D eigenvalue weighted by Crippen LogP contribution is 2.20. The highest BCUT2D eigenvalue weighted by Gasteiger charge is 2.14. The highest BCUT2D eigenvalue weighted by molar-refractivity contribution is 6.31. The Hall–Kier alpha value is -2.67. The molecule has 8 heteroatoms. The van der Waals surface area contributed by atoms with Crippen LogP contribution in [0.2, 0.25) is 5.02 Å². The van der Waals surface area contributed by atoms with Gasteiger partial charge in [0.25, 0.3) is 5.91 Å². The summed E-state index contributed by atoms with van der Waals surface area (Å²) in [7, 11) is 1.41. The molecule has 0 unspecified atom stereocenters. The lowest BCUT2D eigenvalue weighted by molar-refractivity contribution is 0.0964. The fraction of sp³-hybridized carbons (Fsp3) is 0.0667. The van der Waals surface area contributed by atoms with Gasteiger partial charge >= 0.3 is 6.03 Å². The molecular formula is C15H12ClF2N3O2. The molecule has 23 heavy (non-hydrogen) atoms. The lowest BCUT2D eigenvalue weighted by atomic mass is 10.1. The van der Waals surface area contributed by atoms with Crippen molar-refractivity contribution in [2.75, 3.05) is 17.7 Å². The van der Waals surface area contributed by atoms with Gasteiger partial charge in [-0.25, -0.2) is 13.6 Å². The van der Waals surface area contributed by atoms with Crippen LogP contribution in [0.3, 0.4) is 0 Å². The van der Waals surface area contributed by atoms with Gasteiger partial charge in [0.15, 0.2) is 0 Å². The standard InChI is InChI=1S/C15H12ClF2N3O2/c1-19-14(22)12-3-2-9(17)7-13(12)21-15(23)20-11-5-8(16)4-10(18)6-11/h2-7H,1H3,(H,19,22)(H2,20,21,23). The van der Waals surface area contributed by atoms with Crippen molar-refractivity contribution >= 4 is 34.9 Å². The second-order valence-corrected chi connectivity index (χ2v) is 4.94. The predicted octanol–water partition coefficient (Wildman–Crippen LogP) is 3.62. The highest BCUT2D eigenvalue weighted by atomic mass is 35.5. The maximum absolute atomic E-state index is 13.3. The quantitative estimate of drug-likeness (QED) is 0.799. The van der Waals surface area contributed by atoms with Gasteiger partial charge in [0.05, 0.1) is 11.3 Å². The van der Waals surface area contributed by atoms with Crippen LogP contribution in [0.25, 0.3) is 0 Å². The molecule has 0 aliphatic rings. The average molecular weight is 340 g/mol. The molecule has 0 bridgehead atoms. The molecule has 0 atom stereocenters. The summed E-state index contributed by atoms with van der Waals surface area (Å²) in [6.45, 7) is 0. The van der Waals surface area contributed by atoms with E-state index in [4.69, 9.17) is 11.6 Å². The molecule has 3 N–H and O–H groups in total. The smallest absolute Gasteiger partial charge is 0.323 e. The average Bonchev–Trinajstić information content (AvgIpc) is 2.45. The molecule has 5 nitrogen and oxygen atoms in total. The van der Waals surface area contributed by atoms with Gasteiger partial charge < -0.3 is 16.0 Å². The molecule has 0 saturated heterocycles. The Balaban J connectivity index is 2.19. The number of carbonyl (C=O) groups excluding carboxylic acids is 2. The summed E-state index contributed by atoms with van der Waals surface area (Å²) in [6.07, 6.45) is 0. The lowest BCUT2D eigenvalue weighted by Crippen LogP contribution is -2.24. The third kappa shape index (κ3) is 4.40. The van der Waals surface area contributed by atoms with E-state index in [1.807, 2.05) is 0 Å². The minimum absolute atomic E-state index is 0.0237. The van der Waals surface area contributed by atoms with Crippen LogP contribution in [0.1, 0.15) is 10.4 Å². The second kappa shape index (κ2) is 7.06. The third-order valence-electron chi connectivity index (χ3n) is 2.82. The first-order chi connectivity index (χ1) is 10.9. The minimum Gasteiger partial charge on any atom is -0.355 e. The topological polar surface area (TPSA) is 70.2 Å². The van der Waals surface area contributed by atoms with Gasteiger partial charge in [-0.1, -0.05) is 11.6 Å². The summed E-state index contributed by atoms with van der Waals surface area (Å²) in [4.78, 5) is 23.6. The number of rotatable bonds is 3. The van der Waals surface area contributed by atoms with Gasteiger partial charge in [0.2, 0.25) is 0 Å². The predicted molar refractivity (Wildman–Crippen MR) is 83.8 cm³/mol. The first kappa shape index (κ1) is 16.7. The number of anilines is 2. The molecule has 0 aliphatic carbocycles. The Kier molecular flexibility index (Phi) is 5.13. The Morgan fingerprint density at radius 3 is 2.39 bits per heavy atom. The molecule has 0 fully saturated rings. The third-order valence-corrected chi connectivity index (χ3v) is 3.04. The van der Waals surface area contributed by atoms with Crippen LogP contribution >= 0.6 is 11.6 Å². The number of amides is 3. The number of halogens is 3. The van der Waals surface area contributed by atoms with Crippen molar-refractivity contribution < 1.29 is 18.4 Å². The zero-order chi connectivity index (χ0) is 17.0. The van der Waals surface area contributed by atoms with Crippen molar-refractivity contribution in [3.05, 3.63) is 58.6 Å². The number of benzene rings is 2. The maximum atomic E-state index is 13.3. The van der Waals surface area contributed by atoms with E-state index in [9.17, 15) is 18.4 Å². The summed E-state index contributed by atoms with van der Waals surface area (Å²) < 4.78 is 26.5. The normalized spacial score (nSPS) is 10.1. The first-order valence-corrected chi connectivity index (χ1v) is 6.82. The van der Waals surface area contributed by atoms with Gasteiger partial charge in [0.1, 0.15) is 11.6 Å². The van der Waals surface area contributed by atoms with E-state index in [1.54, 1.807) is 0 Å². The molecule has 0 heterocycles. The number of hydrogen-bond donors (Lipinski definition) is 3. The molecule has 0 saturated carbocycles. The molecule has 0 aromatic heterocycles. The van der Waals surface area contributed by atoms with E-state index in [0.717, 1.165) is 24.3 Å². The van der Waals surface area contributed by atoms with Crippen LogP contribution in [0.4, 0.5) is 25.0 Å². The SMILES string of the molecule is CNC(=O)c1ccc(F)cc1NC(=O)Nc1cc(F)cc(Cl)c1. The zero-order valence-electron chi connectivity index (χ0n) is 11.9. The molecule has 0 radical (unpaired) electrons. The van der Waals surface area contributed by atoms with E-state index >= 15 is 0 Å². The van der Waals surface area contributed by atoms with Crippen LogP contribution in [-0.2, 0) is 0 Å². The molecule has 2 aromatic carbocycles. The number of urea groups is 1. The molecule has 120 valence electrons. The molecule has 2 aromatic rings. The molecular weight excluding hydrogens is 328 g/mol. The molecule has 0 aliphatic heterocycles. The minimum atomic E-state index is -0.776. The Morgan fingerprint density at radius 1 is 1.00 bits per heavy atom. The molecule has 3 amide bonds. The number of hydrogen-bond acceptors (Lipinski definition) is 2. The van der Waals surface area contributed by atoms with E-state index < -0.39 is 23.6 Å². The molecule has 0 spiro atoms. The fourth-order valence-corrected chi connectivity index (χ4v) is 2.09. The van der Waals surface area contributed by atoms with Crippen LogP contribution in [0, 0.1) is 11.6 Å². The van der Waals surface area contributed by atoms with Crippen LogP contribution in [-0.4, -0.2) is 19.0 Å². The van der Waals surface area contributed by atoms with Gasteiger partial charge in [-0.05, 0) is 36.4 Å². The Labute approximate surface area is 135 Å². The van der Waals surface area contributed by atoms with E-state index in [2.05, 4.69) is 16.0 Å². The maximum Gasteiger partial charge on any atom is 0.323 e. The van der Waals surface area contributed by atoms with Crippen molar-refractivity contribution in [1.29, 1.82) is 0 Å². The largest absolute Gasteiger partial charge is 0.355 e. The number of carbonyl (C=O) groups is 2. The van der Waals surface area contributed by atoms with Gasteiger partial charge in [0, 0.05) is 17.8 Å². The van der Waals surface area contributed by atoms with Crippen molar-refractivity contribution in [2.45, 2.75) is 0 Å². The van der Waals surface area contributed by atoms with Crippen molar-refractivity contribution in [3.8, 4) is 0 Å².